The van der Waals surface area contributed by atoms with E-state index in [1.165, 1.54) is 5.56 Å². The van der Waals surface area contributed by atoms with E-state index in [1.807, 2.05) is 39.8 Å². The predicted octanol–water partition coefficient (Wildman–Crippen LogP) is 4.62. The van der Waals surface area contributed by atoms with Gasteiger partial charge in [0.15, 0.2) is 11.7 Å². The quantitative estimate of drug-likeness (QED) is 0.610. The molecule has 3 aromatic rings. The lowest BCUT2D eigenvalue weighted by Crippen LogP contribution is -2.49. The minimum Gasteiger partial charge on any atom is -0.464 e. The summed E-state index contributed by atoms with van der Waals surface area (Å²) < 4.78 is 9.77. The number of hydrogen-bond acceptors (Lipinski definition) is 6. The Hall–Kier alpha value is -3.00. The van der Waals surface area contributed by atoms with Crippen LogP contribution in [0.1, 0.15) is 72.8 Å². The largest absolute Gasteiger partial charge is 0.464 e. The fraction of sp³-hybridized carbons (Fsp3) is 0.417. The molecule has 1 N–H and O–H groups in total. The lowest BCUT2D eigenvalue weighted by molar-refractivity contribution is -0.124. The molecule has 32 heavy (non-hydrogen) atoms. The van der Waals surface area contributed by atoms with Gasteiger partial charge in [-0.25, -0.2) is 0 Å². The Morgan fingerprint density at radius 2 is 1.94 bits per heavy atom. The lowest BCUT2D eigenvalue weighted by atomic mass is 9.89. The molecule has 0 saturated heterocycles. The van der Waals surface area contributed by atoms with Gasteiger partial charge >= 0.3 is 0 Å². The van der Waals surface area contributed by atoms with Gasteiger partial charge < -0.3 is 9.73 Å². The highest BCUT2D eigenvalue weighted by Crippen LogP contribution is 2.37. The fourth-order valence-electron chi connectivity index (χ4n) is 4.15. The Kier molecular flexibility index (Phi) is 6.15. The van der Waals surface area contributed by atoms with Crippen LogP contribution in [0.4, 0.5) is 5.69 Å². The van der Waals surface area contributed by atoms with Crippen LogP contribution in [0.5, 0.6) is 0 Å². The summed E-state index contributed by atoms with van der Waals surface area (Å²) in [6.45, 7) is 7.56. The molecule has 7 nitrogen and oxygen atoms in total. The van der Waals surface area contributed by atoms with E-state index in [0.717, 1.165) is 48.5 Å². The topological polar surface area (TPSA) is 88.3 Å². The van der Waals surface area contributed by atoms with E-state index in [-0.39, 0.29) is 17.5 Å². The van der Waals surface area contributed by atoms with E-state index in [0.29, 0.717) is 11.5 Å². The van der Waals surface area contributed by atoms with Crippen LogP contribution in [0.2, 0.25) is 0 Å². The van der Waals surface area contributed by atoms with Crippen molar-refractivity contribution in [1.29, 1.82) is 0 Å². The van der Waals surface area contributed by atoms with Crippen molar-refractivity contribution >= 4 is 29.0 Å². The molecule has 1 aromatic carbocycles. The first-order chi connectivity index (χ1) is 15.2. The van der Waals surface area contributed by atoms with E-state index in [2.05, 4.69) is 21.0 Å². The Labute approximate surface area is 192 Å². The number of carbonyl (C=O) groups excluding carboxylic acids is 2. The van der Waals surface area contributed by atoms with Crippen LogP contribution >= 0.6 is 11.5 Å². The SMILES string of the molecule is Cc1ccc([C@@H](C(=O)NC(C)(C)C)N(C(=O)c2csnn2)c2cccc3c2CCCC3)o1. The Bertz CT molecular complexity index is 1110. The first-order valence-corrected chi connectivity index (χ1v) is 11.7. The number of aromatic nitrogens is 2. The predicted molar refractivity (Wildman–Crippen MR) is 124 cm³/mol. The van der Waals surface area contributed by atoms with E-state index >= 15 is 0 Å². The second-order valence-electron chi connectivity index (χ2n) is 9.18. The molecule has 0 radical (unpaired) electrons. The van der Waals surface area contributed by atoms with Crippen LogP contribution in [0, 0.1) is 6.92 Å². The van der Waals surface area contributed by atoms with E-state index in [9.17, 15) is 9.59 Å². The number of aryl methyl sites for hydroxylation is 2. The molecule has 168 valence electrons. The summed E-state index contributed by atoms with van der Waals surface area (Å²) in [5, 5.41) is 8.64. The molecule has 0 unspecified atom stereocenters. The van der Waals surface area contributed by atoms with E-state index in [1.54, 1.807) is 22.4 Å². The number of fused-ring (bicyclic) bond motifs is 1. The maximum atomic E-state index is 13.8. The third kappa shape index (κ3) is 4.60. The zero-order valence-corrected chi connectivity index (χ0v) is 19.7. The summed E-state index contributed by atoms with van der Waals surface area (Å²) in [7, 11) is 0. The second kappa shape index (κ2) is 8.86. The fourth-order valence-corrected chi connectivity index (χ4v) is 4.58. The molecular formula is C24H28N4O3S. The highest BCUT2D eigenvalue weighted by atomic mass is 32.1. The van der Waals surface area contributed by atoms with Gasteiger partial charge in [-0.15, -0.1) is 5.10 Å². The molecule has 1 atom stereocenters. The third-order valence-electron chi connectivity index (χ3n) is 5.46. The molecule has 0 spiro atoms. The molecule has 1 aliphatic rings. The molecule has 2 heterocycles. The van der Waals surface area contributed by atoms with Crippen molar-refractivity contribution in [3.8, 4) is 0 Å². The maximum Gasteiger partial charge on any atom is 0.280 e. The average molecular weight is 453 g/mol. The average Bonchev–Trinajstić information content (AvgIpc) is 3.42. The summed E-state index contributed by atoms with van der Waals surface area (Å²) in [5.74, 6) is 0.401. The van der Waals surface area contributed by atoms with E-state index in [4.69, 9.17) is 4.42 Å². The normalized spacial score (nSPS) is 14.5. The van der Waals surface area contributed by atoms with Gasteiger partial charge in [0.1, 0.15) is 11.5 Å². The number of hydrogen-bond donors (Lipinski definition) is 1. The van der Waals surface area contributed by atoms with Crippen molar-refractivity contribution in [3.05, 3.63) is 64.1 Å². The van der Waals surface area contributed by atoms with Crippen molar-refractivity contribution in [2.75, 3.05) is 4.90 Å². The Morgan fingerprint density at radius 3 is 2.59 bits per heavy atom. The van der Waals surface area contributed by atoms with Crippen LogP contribution in [-0.2, 0) is 17.6 Å². The van der Waals surface area contributed by atoms with Gasteiger partial charge in [0.2, 0.25) is 0 Å². The monoisotopic (exact) mass is 452 g/mol. The molecule has 0 bridgehead atoms. The number of rotatable bonds is 5. The van der Waals surface area contributed by atoms with Crippen LogP contribution in [0.15, 0.2) is 40.1 Å². The zero-order valence-electron chi connectivity index (χ0n) is 18.8. The van der Waals surface area contributed by atoms with Gasteiger partial charge in [-0.1, -0.05) is 16.6 Å². The molecular weight excluding hydrogens is 424 g/mol. The lowest BCUT2D eigenvalue weighted by Gasteiger charge is -2.34. The minimum absolute atomic E-state index is 0.209. The standard InChI is InChI=1S/C24H28N4O3S/c1-15-12-13-20(31-15)21(22(29)25-24(2,3)4)28(23(30)18-14-32-27-26-18)19-11-7-9-16-8-5-6-10-17(16)19/h7,9,11-14,21H,5-6,8,10H2,1-4H3,(H,25,29)/t21-/m0/s1. The number of carbonyl (C=O) groups is 2. The molecule has 0 saturated carbocycles. The number of furan rings is 1. The first-order valence-electron chi connectivity index (χ1n) is 10.8. The summed E-state index contributed by atoms with van der Waals surface area (Å²) >= 11 is 1.11. The Balaban J connectivity index is 1.90. The molecule has 0 fully saturated rings. The van der Waals surface area contributed by atoms with Gasteiger partial charge in [0, 0.05) is 16.6 Å². The minimum atomic E-state index is -0.981. The van der Waals surface area contributed by atoms with Gasteiger partial charge in [-0.3, -0.25) is 14.5 Å². The molecule has 2 amide bonds. The molecule has 2 aromatic heterocycles. The van der Waals surface area contributed by atoms with Crippen molar-refractivity contribution in [1.82, 2.24) is 14.9 Å². The van der Waals surface area contributed by atoms with Crippen molar-refractivity contribution in [3.63, 3.8) is 0 Å². The van der Waals surface area contributed by atoms with Crippen LogP contribution < -0.4 is 10.2 Å². The molecule has 1 aliphatic carbocycles. The summed E-state index contributed by atoms with van der Waals surface area (Å²) in [6.07, 6.45) is 3.98. The van der Waals surface area contributed by atoms with Gasteiger partial charge in [-0.2, -0.15) is 0 Å². The number of amides is 2. The second-order valence-corrected chi connectivity index (χ2v) is 9.79. The molecule has 8 heteroatoms. The zero-order chi connectivity index (χ0) is 22.9. The van der Waals surface area contributed by atoms with Crippen LogP contribution in [-0.4, -0.2) is 26.9 Å². The molecule has 4 rings (SSSR count). The summed E-state index contributed by atoms with van der Waals surface area (Å²) in [6, 6.07) is 8.55. The summed E-state index contributed by atoms with van der Waals surface area (Å²) in [5.41, 5.74) is 2.77. The van der Waals surface area contributed by atoms with Gasteiger partial charge in [0.25, 0.3) is 11.8 Å². The van der Waals surface area contributed by atoms with Crippen molar-refractivity contribution in [2.24, 2.45) is 0 Å². The summed E-state index contributed by atoms with van der Waals surface area (Å²) in [4.78, 5) is 29.0. The third-order valence-corrected chi connectivity index (χ3v) is 5.97. The van der Waals surface area contributed by atoms with Crippen LogP contribution in [0.3, 0.4) is 0 Å². The first kappa shape index (κ1) is 22.2. The van der Waals surface area contributed by atoms with Crippen molar-refractivity contribution in [2.45, 2.75) is 65.0 Å². The Morgan fingerprint density at radius 1 is 1.16 bits per heavy atom. The smallest absolute Gasteiger partial charge is 0.280 e. The van der Waals surface area contributed by atoms with E-state index < -0.39 is 11.6 Å². The number of nitrogens with one attached hydrogen (secondary N) is 1. The molecule has 0 aliphatic heterocycles. The van der Waals surface area contributed by atoms with Crippen molar-refractivity contribution < 1.29 is 14.0 Å². The van der Waals surface area contributed by atoms with Crippen LogP contribution in [0.25, 0.3) is 0 Å². The maximum absolute atomic E-state index is 13.8. The number of anilines is 1. The van der Waals surface area contributed by atoms with Gasteiger partial charge in [-0.05, 0) is 94.2 Å². The number of benzene rings is 1. The highest BCUT2D eigenvalue weighted by molar-refractivity contribution is 7.03. The van der Waals surface area contributed by atoms with Gasteiger partial charge in [0.05, 0.1) is 0 Å². The highest BCUT2D eigenvalue weighted by Gasteiger charge is 2.39. The number of nitrogens with zero attached hydrogens (tertiary/aromatic N) is 3.